The SMILES string of the molecule is CN=C(NCC1(NC(C)c2ccccc2)CCOCC1)N(C)Cc1ccccc1.I. The van der Waals surface area contributed by atoms with Crippen molar-refractivity contribution in [1.82, 2.24) is 15.5 Å². The van der Waals surface area contributed by atoms with Crippen LogP contribution in [-0.2, 0) is 11.3 Å². The highest BCUT2D eigenvalue weighted by Crippen LogP contribution is 2.25. The van der Waals surface area contributed by atoms with Gasteiger partial charge in [0.15, 0.2) is 5.96 Å². The lowest BCUT2D eigenvalue weighted by Gasteiger charge is -2.41. The number of rotatable bonds is 7. The quantitative estimate of drug-likeness (QED) is 0.325. The first-order chi connectivity index (χ1) is 14.1. The minimum Gasteiger partial charge on any atom is -0.381 e. The molecule has 30 heavy (non-hydrogen) atoms. The molecule has 1 fully saturated rings. The first kappa shape index (κ1) is 24.6. The van der Waals surface area contributed by atoms with E-state index in [4.69, 9.17) is 4.74 Å². The maximum atomic E-state index is 5.66. The lowest BCUT2D eigenvalue weighted by atomic mass is 9.88. The molecule has 1 heterocycles. The van der Waals surface area contributed by atoms with Gasteiger partial charge in [0.2, 0.25) is 0 Å². The number of guanidine groups is 1. The van der Waals surface area contributed by atoms with Crippen molar-refractivity contribution >= 4 is 29.9 Å². The Morgan fingerprint density at radius 2 is 1.67 bits per heavy atom. The minimum atomic E-state index is -0.0168. The molecule has 2 N–H and O–H groups in total. The molecule has 0 aromatic heterocycles. The van der Waals surface area contributed by atoms with Crippen LogP contribution in [0.5, 0.6) is 0 Å². The number of benzene rings is 2. The second-order valence-corrected chi connectivity index (χ2v) is 7.91. The van der Waals surface area contributed by atoms with Crippen LogP contribution in [0.25, 0.3) is 0 Å². The van der Waals surface area contributed by atoms with E-state index >= 15 is 0 Å². The number of nitrogens with zero attached hydrogens (tertiary/aromatic N) is 2. The first-order valence-corrected chi connectivity index (χ1v) is 10.5. The van der Waals surface area contributed by atoms with Crippen molar-refractivity contribution < 1.29 is 4.74 Å². The fourth-order valence-electron chi connectivity index (χ4n) is 3.98. The number of hydrogen-bond acceptors (Lipinski definition) is 3. The predicted octanol–water partition coefficient (Wildman–Crippen LogP) is 4.21. The maximum absolute atomic E-state index is 5.66. The van der Waals surface area contributed by atoms with E-state index in [1.165, 1.54) is 11.1 Å². The van der Waals surface area contributed by atoms with Gasteiger partial charge in [0.05, 0.1) is 0 Å². The largest absolute Gasteiger partial charge is 0.381 e. The topological polar surface area (TPSA) is 48.9 Å². The summed E-state index contributed by atoms with van der Waals surface area (Å²) in [5.74, 6) is 0.911. The Hall–Kier alpha value is -1.64. The van der Waals surface area contributed by atoms with Crippen LogP contribution < -0.4 is 10.6 Å². The van der Waals surface area contributed by atoms with Gasteiger partial charge in [-0.1, -0.05) is 60.7 Å². The van der Waals surface area contributed by atoms with E-state index in [0.29, 0.717) is 0 Å². The Morgan fingerprint density at radius 3 is 2.27 bits per heavy atom. The molecule has 1 aliphatic heterocycles. The number of ether oxygens (including phenoxy) is 1. The van der Waals surface area contributed by atoms with Gasteiger partial charge in [0.25, 0.3) is 0 Å². The van der Waals surface area contributed by atoms with Crippen molar-refractivity contribution in [2.24, 2.45) is 4.99 Å². The first-order valence-electron chi connectivity index (χ1n) is 10.5. The minimum absolute atomic E-state index is 0. The Balaban J connectivity index is 0.00000320. The summed E-state index contributed by atoms with van der Waals surface area (Å²) in [4.78, 5) is 6.68. The van der Waals surface area contributed by atoms with E-state index in [-0.39, 0.29) is 35.6 Å². The zero-order chi connectivity index (χ0) is 20.5. The summed E-state index contributed by atoms with van der Waals surface area (Å²) < 4.78 is 5.66. The molecule has 1 atom stereocenters. The third kappa shape index (κ3) is 6.96. The van der Waals surface area contributed by atoms with E-state index in [9.17, 15) is 0 Å². The standard InChI is InChI=1S/C24H34N4O.HI/c1-20(22-12-8-5-9-13-22)27-24(14-16-29-17-15-24)19-26-23(25-2)28(3)18-21-10-6-4-7-11-21;/h4-13,20,27H,14-19H2,1-3H3,(H,25,26);1H. The molecule has 3 rings (SSSR count). The summed E-state index contributed by atoms with van der Waals surface area (Å²) in [6.45, 7) is 5.45. The molecule has 0 spiro atoms. The molecule has 164 valence electrons. The van der Waals surface area contributed by atoms with Gasteiger partial charge in [-0.3, -0.25) is 4.99 Å². The lowest BCUT2D eigenvalue weighted by molar-refractivity contribution is 0.0353. The van der Waals surface area contributed by atoms with Crippen LogP contribution in [0.3, 0.4) is 0 Å². The summed E-state index contributed by atoms with van der Waals surface area (Å²) >= 11 is 0. The smallest absolute Gasteiger partial charge is 0.193 e. The molecule has 0 radical (unpaired) electrons. The van der Waals surface area contributed by atoms with Crippen LogP contribution in [0.15, 0.2) is 65.7 Å². The molecule has 6 heteroatoms. The number of nitrogens with one attached hydrogen (secondary N) is 2. The molecule has 0 bridgehead atoms. The highest BCUT2D eigenvalue weighted by molar-refractivity contribution is 14.0. The average molecular weight is 522 g/mol. The van der Waals surface area contributed by atoms with Gasteiger partial charge in [-0.2, -0.15) is 0 Å². The van der Waals surface area contributed by atoms with E-state index in [2.05, 4.69) is 89.1 Å². The summed E-state index contributed by atoms with van der Waals surface area (Å²) in [6, 6.07) is 21.4. The highest BCUT2D eigenvalue weighted by atomic mass is 127. The van der Waals surface area contributed by atoms with Crippen molar-refractivity contribution in [1.29, 1.82) is 0 Å². The molecule has 0 aliphatic carbocycles. The van der Waals surface area contributed by atoms with Crippen LogP contribution in [0.2, 0.25) is 0 Å². The molecule has 1 aliphatic rings. The van der Waals surface area contributed by atoms with Crippen molar-refractivity contribution in [3.8, 4) is 0 Å². The second-order valence-electron chi connectivity index (χ2n) is 7.91. The summed E-state index contributed by atoms with van der Waals surface area (Å²) in [5.41, 5.74) is 2.57. The van der Waals surface area contributed by atoms with Crippen LogP contribution in [0, 0.1) is 0 Å². The molecular weight excluding hydrogens is 487 g/mol. The number of hydrogen-bond donors (Lipinski definition) is 2. The van der Waals surface area contributed by atoms with Crippen LogP contribution in [0.4, 0.5) is 0 Å². The zero-order valence-corrected chi connectivity index (χ0v) is 20.6. The maximum Gasteiger partial charge on any atom is 0.193 e. The fraction of sp³-hybridized carbons (Fsp3) is 0.458. The van der Waals surface area contributed by atoms with Gasteiger partial charge >= 0.3 is 0 Å². The lowest BCUT2D eigenvalue weighted by Crippen LogP contribution is -2.58. The predicted molar refractivity (Wildman–Crippen MR) is 135 cm³/mol. The van der Waals surface area contributed by atoms with Crippen molar-refractivity contribution in [2.45, 2.75) is 37.9 Å². The van der Waals surface area contributed by atoms with Gasteiger partial charge in [-0.15, -0.1) is 24.0 Å². The Labute approximate surface area is 198 Å². The van der Waals surface area contributed by atoms with E-state index in [1.807, 2.05) is 13.1 Å². The third-order valence-electron chi connectivity index (χ3n) is 5.69. The molecule has 1 unspecified atom stereocenters. The molecule has 0 amide bonds. The van der Waals surface area contributed by atoms with Gasteiger partial charge in [0, 0.05) is 52.0 Å². The van der Waals surface area contributed by atoms with E-state index in [0.717, 1.165) is 45.1 Å². The van der Waals surface area contributed by atoms with Gasteiger partial charge < -0.3 is 20.3 Å². The van der Waals surface area contributed by atoms with Crippen LogP contribution >= 0.6 is 24.0 Å². The number of aliphatic imine (C=N–C) groups is 1. The molecule has 5 nitrogen and oxygen atoms in total. The summed E-state index contributed by atoms with van der Waals surface area (Å²) in [7, 11) is 3.93. The number of halogens is 1. The normalized spacial score (nSPS) is 17.0. The van der Waals surface area contributed by atoms with Crippen molar-refractivity contribution in [3.63, 3.8) is 0 Å². The third-order valence-corrected chi connectivity index (χ3v) is 5.69. The Morgan fingerprint density at radius 1 is 1.07 bits per heavy atom. The monoisotopic (exact) mass is 522 g/mol. The van der Waals surface area contributed by atoms with E-state index in [1.54, 1.807) is 0 Å². The zero-order valence-electron chi connectivity index (χ0n) is 18.3. The van der Waals surface area contributed by atoms with Crippen LogP contribution in [0.1, 0.15) is 36.9 Å². The van der Waals surface area contributed by atoms with Gasteiger partial charge in [-0.25, -0.2) is 0 Å². The highest BCUT2D eigenvalue weighted by Gasteiger charge is 2.34. The Bertz CT molecular complexity index is 763. The molecular formula is C24H35IN4O. The molecule has 2 aromatic carbocycles. The van der Waals surface area contributed by atoms with Crippen molar-refractivity contribution in [2.75, 3.05) is 33.9 Å². The Kier molecular flexibility index (Phi) is 10.1. The second kappa shape index (κ2) is 12.3. The molecule has 2 aromatic rings. The summed E-state index contributed by atoms with van der Waals surface area (Å²) in [6.07, 6.45) is 1.97. The average Bonchev–Trinajstić information content (AvgIpc) is 2.76. The molecule has 1 saturated heterocycles. The van der Waals surface area contributed by atoms with Crippen molar-refractivity contribution in [3.05, 3.63) is 71.8 Å². The van der Waals surface area contributed by atoms with Gasteiger partial charge in [-0.05, 0) is 30.9 Å². The van der Waals surface area contributed by atoms with E-state index < -0.39 is 0 Å². The fourth-order valence-corrected chi connectivity index (χ4v) is 3.98. The molecule has 0 saturated carbocycles. The summed E-state index contributed by atoms with van der Waals surface area (Å²) in [5, 5.41) is 7.52. The van der Waals surface area contributed by atoms with Gasteiger partial charge in [0.1, 0.15) is 0 Å². The van der Waals surface area contributed by atoms with Crippen LogP contribution in [-0.4, -0.2) is 50.3 Å².